The Hall–Kier alpha value is -2.18. The predicted octanol–water partition coefficient (Wildman–Crippen LogP) is 3.66. The van der Waals surface area contributed by atoms with Gasteiger partial charge < -0.3 is 10.1 Å². The Kier molecular flexibility index (Phi) is 5.61. The Morgan fingerprint density at radius 2 is 2.08 bits per heavy atom. The molecule has 0 unspecified atom stereocenters. The van der Waals surface area contributed by atoms with Gasteiger partial charge in [-0.3, -0.25) is 4.68 Å². The summed E-state index contributed by atoms with van der Waals surface area (Å²) in [5, 5.41) is 9.85. The first-order valence-electron chi connectivity index (χ1n) is 8.03. The third kappa shape index (κ3) is 4.43. The first-order valence-corrected chi connectivity index (χ1v) is 8.98. The Labute approximate surface area is 146 Å². The topological polar surface area (TPSA) is 52.0 Å². The summed E-state index contributed by atoms with van der Waals surface area (Å²) in [5.41, 5.74) is 4.02. The minimum atomic E-state index is 0.306. The average Bonchev–Trinajstić information content (AvgIpc) is 3.31. The van der Waals surface area contributed by atoms with E-state index in [4.69, 9.17) is 4.74 Å². The molecular weight excluding hydrogens is 320 g/mol. The molecular formula is C18H22N4OS. The van der Waals surface area contributed by atoms with Gasteiger partial charge in [-0.2, -0.15) is 5.10 Å². The molecule has 0 fully saturated rings. The molecule has 1 N–H and O–H groups in total. The molecule has 0 spiro atoms. The van der Waals surface area contributed by atoms with Gasteiger partial charge in [0.15, 0.2) is 0 Å². The average molecular weight is 342 g/mol. The van der Waals surface area contributed by atoms with Gasteiger partial charge in [0.2, 0.25) is 0 Å². The summed E-state index contributed by atoms with van der Waals surface area (Å²) in [5.74, 6) is 0.865. The minimum Gasteiger partial charge on any atom is -0.487 e. The fourth-order valence-corrected chi connectivity index (χ4v) is 2.91. The molecule has 2 heterocycles. The van der Waals surface area contributed by atoms with Crippen LogP contribution in [0.4, 0.5) is 0 Å². The van der Waals surface area contributed by atoms with Crippen molar-refractivity contribution >= 4 is 11.3 Å². The highest BCUT2D eigenvalue weighted by atomic mass is 32.1. The van der Waals surface area contributed by atoms with Crippen LogP contribution in [0.25, 0.3) is 0 Å². The Bertz CT molecular complexity index is 710. The van der Waals surface area contributed by atoms with Crippen molar-refractivity contribution in [3.8, 4) is 5.75 Å². The van der Waals surface area contributed by atoms with Gasteiger partial charge in [-0.05, 0) is 37.6 Å². The standard InChI is InChI=1S/C18H22N4OS/c1-14(15(2)22-9-3-8-21-22)19-10-16-4-6-18(7-5-16)23-11-17-12-24-13-20-17/h3-9,12-15,19H,10-11H2,1-2H3/t14-,15-/m1/s1. The lowest BCUT2D eigenvalue weighted by atomic mass is 10.1. The van der Waals surface area contributed by atoms with Gasteiger partial charge in [-0.1, -0.05) is 12.1 Å². The quantitative estimate of drug-likeness (QED) is 0.679. The van der Waals surface area contributed by atoms with Crippen molar-refractivity contribution in [3.63, 3.8) is 0 Å². The molecule has 0 amide bonds. The molecule has 0 aliphatic carbocycles. The highest BCUT2D eigenvalue weighted by Crippen LogP contribution is 2.15. The predicted molar refractivity (Wildman–Crippen MR) is 96.1 cm³/mol. The highest BCUT2D eigenvalue weighted by molar-refractivity contribution is 7.07. The second-order valence-corrected chi connectivity index (χ2v) is 6.53. The van der Waals surface area contributed by atoms with Gasteiger partial charge in [-0.25, -0.2) is 4.98 Å². The Morgan fingerprint density at radius 1 is 1.25 bits per heavy atom. The van der Waals surface area contributed by atoms with Gasteiger partial charge >= 0.3 is 0 Å². The molecule has 0 saturated heterocycles. The van der Waals surface area contributed by atoms with Crippen LogP contribution in [-0.2, 0) is 13.2 Å². The van der Waals surface area contributed by atoms with E-state index in [0.717, 1.165) is 18.0 Å². The summed E-state index contributed by atoms with van der Waals surface area (Å²) in [6.45, 7) is 5.68. The van der Waals surface area contributed by atoms with E-state index in [9.17, 15) is 0 Å². The Balaban J connectivity index is 1.47. The smallest absolute Gasteiger partial charge is 0.131 e. The molecule has 6 heteroatoms. The van der Waals surface area contributed by atoms with E-state index in [1.807, 2.05) is 46.2 Å². The molecule has 1 aromatic carbocycles. The maximum absolute atomic E-state index is 5.73. The molecule has 2 aromatic heterocycles. The maximum Gasteiger partial charge on any atom is 0.131 e. The van der Waals surface area contributed by atoms with E-state index in [-0.39, 0.29) is 0 Å². The summed E-state index contributed by atoms with van der Waals surface area (Å²) >= 11 is 1.58. The van der Waals surface area contributed by atoms with Crippen LogP contribution < -0.4 is 10.1 Å². The monoisotopic (exact) mass is 342 g/mol. The SMILES string of the molecule is C[C@H]([C@@H](C)NCc1ccc(OCc2cscn2)cc1)n1cccn1. The van der Waals surface area contributed by atoms with E-state index in [2.05, 4.69) is 41.4 Å². The number of ether oxygens (including phenoxy) is 1. The van der Waals surface area contributed by atoms with Crippen molar-refractivity contribution in [2.45, 2.75) is 39.1 Å². The molecule has 3 rings (SSSR count). The van der Waals surface area contributed by atoms with Gasteiger partial charge in [0, 0.05) is 30.4 Å². The summed E-state index contributed by atoms with van der Waals surface area (Å²) in [6, 6.07) is 10.8. The normalized spacial score (nSPS) is 13.6. The molecule has 5 nitrogen and oxygen atoms in total. The van der Waals surface area contributed by atoms with Crippen LogP contribution in [0.1, 0.15) is 31.1 Å². The second kappa shape index (κ2) is 8.08. The van der Waals surface area contributed by atoms with E-state index >= 15 is 0 Å². The molecule has 0 radical (unpaired) electrons. The molecule has 0 aliphatic heterocycles. The van der Waals surface area contributed by atoms with Crippen LogP contribution in [0.2, 0.25) is 0 Å². The lowest BCUT2D eigenvalue weighted by Gasteiger charge is -2.22. The fraction of sp³-hybridized carbons (Fsp3) is 0.333. The zero-order valence-corrected chi connectivity index (χ0v) is 14.7. The lowest BCUT2D eigenvalue weighted by molar-refractivity contribution is 0.302. The van der Waals surface area contributed by atoms with E-state index in [0.29, 0.717) is 18.7 Å². The van der Waals surface area contributed by atoms with Crippen molar-refractivity contribution in [2.75, 3.05) is 0 Å². The van der Waals surface area contributed by atoms with Crippen molar-refractivity contribution < 1.29 is 4.74 Å². The fourth-order valence-electron chi connectivity index (χ4n) is 2.37. The van der Waals surface area contributed by atoms with Crippen LogP contribution in [0.5, 0.6) is 5.75 Å². The van der Waals surface area contributed by atoms with Crippen LogP contribution in [-0.4, -0.2) is 20.8 Å². The summed E-state index contributed by atoms with van der Waals surface area (Å²) in [4.78, 5) is 4.21. The maximum atomic E-state index is 5.73. The highest BCUT2D eigenvalue weighted by Gasteiger charge is 2.13. The summed E-state index contributed by atoms with van der Waals surface area (Å²) < 4.78 is 7.71. The summed E-state index contributed by atoms with van der Waals surface area (Å²) in [6.07, 6.45) is 3.81. The molecule has 3 aromatic rings. The zero-order chi connectivity index (χ0) is 16.8. The van der Waals surface area contributed by atoms with Crippen LogP contribution in [0.3, 0.4) is 0 Å². The lowest BCUT2D eigenvalue weighted by Crippen LogP contribution is -2.33. The number of nitrogens with one attached hydrogen (secondary N) is 1. The number of benzene rings is 1. The Morgan fingerprint density at radius 3 is 2.75 bits per heavy atom. The van der Waals surface area contributed by atoms with Crippen molar-refractivity contribution in [1.29, 1.82) is 0 Å². The van der Waals surface area contributed by atoms with Crippen molar-refractivity contribution in [1.82, 2.24) is 20.1 Å². The van der Waals surface area contributed by atoms with Gasteiger partial charge in [-0.15, -0.1) is 11.3 Å². The summed E-state index contributed by atoms with van der Waals surface area (Å²) in [7, 11) is 0. The zero-order valence-electron chi connectivity index (χ0n) is 13.9. The molecule has 126 valence electrons. The van der Waals surface area contributed by atoms with Gasteiger partial charge in [0.1, 0.15) is 12.4 Å². The number of aromatic nitrogens is 3. The van der Waals surface area contributed by atoms with Gasteiger partial charge in [0.05, 0.1) is 17.2 Å². The van der Waals surface area contributed by atoms with Gasteiger partial charge in [0.25, 0.3) is 0 Å². The van der Waals surface area contributed by atoms with Crippen LogP contribution in [0, 0.1) is 0 Å². The van der Waals surface area contributed by atoms with E-state index in [1.165, 1.54) is 5.56 Å². The third-order valence-corrected chi connectivity index (χ3v) is 4.72. The number of rotatable bonds is 8. The molecule has 0 bridgehead atoms. The molecule has 0 aliphatic rings. The number of hydrogen-bond donors (Lipinski definition) is 1. The third-order valence-electron chi connectivity index (χ3n) is 4.09. The van der Waals surface area contributed by atoms with Crippen molar-refractivity contribution in [3.05, 3.63) is 64.9 Å². The van der Waals surface area contributed by atoms with E-state index < -0.39 is 0 Å². The van der Waals surface area contributed by atoms with Crippen molar-refractivity contribution in [2.24, 2.45) is 0 Å². The number of hydrogen-bond acceptors (Lipinski definition) is 5. The molecule has 2 atom stereocenters. The minimum absolute atomic E-state index is 0.306. The first kappa shape index (κ1) is 16.7. The second-order valence-electron chi connectivity index (χ2n) is 5.81. The van der Waals surface area contributed by atoms with Crippen LogP contribution in [0.15, 0.2) is 53.6 Å². The number of nitrogens with zero attached hydrogens (tertiary/aromatic N) is 3. The van der Waals surface area contributed by atoms with E-state index in [1.54, 1.807) is 11.3 Å². The number of thiazole rings is 1. The van der Waals surface area contributed by atoms with Crippen LogP contribution >= 0.6 is 11.3 Å². The molecule has 0 saturated carbocycles. The first-order chi connectivity index (χ1) is 11.7. The molecule has 24 heavy (non-hydrogen) atoms. The largest absolute Gasteiger partial charge is 0.487 e.